The minimum absolute atomic E-state index is 0.0473. The van der Waals surface area contributed by atoms with Crippen LogP contribution in [-0.4, -0.2) is 97.0 Å². The van der Waals surface area contributed by atoms with Gasteiger partial charge in [0.1, 0.15) is 29.4 Å². The third kappa shape index (κ3) is 12.9. The first-order chi connectivity index (χ1) is 31.5. The number of nitrogens with one attached hydrogen (secondary N) is 3. The Morgan fingerprint density at radius 2 is 1.50 bits per heavy atom. The fourth-order valence-corrected chi connectivity index (χ4v) is 9.10. The number of carbonyl (C=O) groups excluding carboxylic acids is 2. The van der Waals surface area contributed by atoms with Crippen molar-refractivity contribution in [1.29, 1.82) is 5.26 Å². The molecule has 0 radical (unpaired) electrons. The van der Waals surface area contributed by atoms with Gasteiger partial charge in [-0.2, -0.15) is 18.4 Å². The highest BCUT2D eigenvalue weighted by Gasteiger charge is 2.45. The van der Waals surface area contributed by atoms with Crippen LogP contribution in [0.5, 0.6) is 11.5 Å². The Morgan fingerprint density at radius 3 is 2.05 bits per heavy atom. The van der Waals surface area contributed by atoms with Crippen LogP contribution in [-0.2, 0) is 33.7 Å². The average molecular weight is 939 g/mol. The van der Waals surface area contributed by atoms with E-state index in [1.165, 1.54) is 10.8 Å². The SMILES string of the molecule is COc1ccc(C(OCC2OC(n3cc(C=CC(=O)NCCNC(=O)C(F)(F)F)c(=O)[nH]c3=O)CC2OP(OCCC#N)N(C(C)C)C(C)C)(c2ccccc2)c2ccc(OC)cc2)cc1. The lowest BCUT2D eigenvalue weighted by atomic mass is 9.80. The predicted molar refractivity (Wildman–Crippen MR) is 239 cm³/mol. The Labute approximate surface area is 381 Å². The molecule has 0 aliphatic carbocycles. The standard InChI is InChI=1S/C46H54F3N6O10P/c1-30(2)55(31(3)4)66(63-26-10-23-50)65-38-27-41(54-28-32(42(57)53-44(54)59)13-22-40(56)51-24-25-52-43(58)46(47,48)49)64-39(38)29-62-45(33-11-8-7-9-12-33,34-14-18-36(60-5)19-15-34)35-16-20-37(61-6)21-17-35/h7-9,11-22,28,30-31,38-39,41H,10,24-27,29H2,1-6H3,(H,51,56)(H,52,58)(H,53,57,59). The van der Waals surface area contributed by atoms with Gasteiger partial charge in [0.25, 0.3) is 14.1 Å². The highest BCUT2D eigenvalue weighted by Crippen LogP contribution is 2.50. The highest BCUT2D eigenvalue weighted by atomic mass is 31.2. The molecule has 2 heterocycles. The summed E-state index contributed by atoms with van der Waals surface area (Å²) in [4.78, 5) is 52.4. The maximum absolute atomic E-state index is 13.5. The van der Waals surface area contributed by atoms with Crippen molar-refractivity contribution < 1.29 is 50.8 Å². The number of hydrogen-bond donors (Lipinski definition) is 3. The maximum atomic E-state index is 13.5. The van der Waals surface area contributed by atoms with E-state index in [9.17, 15) is 37.6 Å². The van der Waals surface area contributed by atoms with Crippen molar-refractivity contribution >= 4 is 26.4 Å². The van der Waals surface area contributed by atoms with Gasteiger partial charge in [0.15, 0.2) is 0 Å². The number of methoxy groups -OCH3 is 2. The molecule has 0 bridgehead atoms. The van der Waals surface area contributed by atoms with Gasteiger partial charge < -0.3 is 38.6 Å². The molecule has 4 aromatic rings. The van der Waals surface area contributed by atoms with E-state index in [1.54, 1.807) is 19.5 Å². The molecule has 1 fully saturated rings. The van der Waals surface area contributed by atoms with Crippen LogP contribution in [0.15, 0.2) is 101 Å². The summed E-state index contributed by atoms with van der Waals surface area (Å²) < 4.78 is 78.8. The lowest BCUT2D eigenvalue weighted by Crippen LogP contribution is -2.40. The van der Waals surface area contributed by atoms with E-state index >= 15 is 0 Å². The molecule has 5 rings (SSSR count). The van der Waals surface area contributed by atoms with E-state index in [4.69, 9.17) is 28.0 Å². The molecular weight excluding hydrogens is 885 g/mol. The summed E-state index contributed by atoms with van der Waals surface area (Å²) in [5.74, 6) is -1.67. The van der Waals surface area contributed by atoms with Crippen molar-refractivity contribution in [3.05, 3.63) is 134 Å². The molecule has 20 heteroatoms. The van der Waals surface area contributed by atoms with E-state index < -0.39 is 68.3 Å². The first-order valence-corrected chi connectivity index (χ1v) is 22.2. The summed E-state index contributed by atoms with van der Waals surface area (Å²) in [6.45, 7) is 7.14. The number of ether oxygens (including phenoxy) is 4. The summed E-state index contributed by atoms with van der Waals surface area (Å²) in [7, 11) is 1.32. The number of hydrogen-bond acceptors (Lipinski definition) is 12. The normalized spacial score (nSPS) is 17.0. The smallest absolute Gasteiger partial charge is 0.471 e. The number of aromatic nitrogens is 2. The number of amides is 2. The van der Waals surface area contributed by atoms with Crippen molar-refractivity contribution in [3.63, 3.8) is 0 Å². The number of aromatic amines is 1. The number of nitrogens with zero attached hydrogens (tertiary/aromatic N) is 3. The molecule has 1 aromatic heterocycles. The second kappa shape index (κ2) is 23.5. The highest BCUT2D eigenvalue weighted by molar-refractivity contribution is 7.44. The van der Waals surface area contributed by atoms with Crippen LogP contribution in [0.4, 0.5) is 13.2 Å². The molecule has 0 saturated carbocycles. The van der Waals surface area contributed by atoms with E-state index in [0.717, 1.165) is 28.8 Å². The Kier molecular flexibility index (Phi) is 18.2. The fraction of sp³-hybridized carbons (Fsp3) is 0.413. The molecular formula is C46H54F3N6O10P. The number of nitriles is 1. The van der Waals surface area contributed by atoms with Crippen LogP contribution < -0.4 is 31.4 Å². The van der Waals surface area contributed by atoms with Gasteiger partial charge in [-0.15, -0.1) is 0 Å². The first-order valence-electron chi connectivity index (χ1n) is 21.1. The van der Waals surface area contributed by atoms with E-state index in [-0.39, 0.29) is 50.2 Å². The molecule has 66 heavy (non-hydrogen) atoms. The van der Waals surface area contributed by atoms with Gasteiger partial charge in [-0.25, -0.2) is 9.46 Å². The fourth-order valence-electron chi connectivity index (χ4n) is 7.34. The molecule has 4 atom stereocenters. The zero-order chi connectivity index (χ0) is 48.0. The minimum atomic E-state index is -5.07. The van der Waals surface area contributed by atoms with E-state index in [1.807, 2.05) is 107 Å². The second-order valence-electron chi connectivity index (χ2n) is 15.5. The molecule has 2 amide bonds. The monoisotopic (exact) mass is 938 g/mol. The predicted octanol–water partition coefficient (Wildman–Crippen LogP) is 6.32. The molecule has 16 nitrogen and oxygen atoms in total. The van der Waals surface area contributed by atoms with Gasteiger partial charge in [-0.1, -0.05) is 54.6 Å². The Hall–Kier alpha value is -5.87. The number of rotatable bonds is 22. The van der Waals surface area contributed by atoms with Gasteiger partial charge in [0, 0.05) is 43.9 Å². The average Bonchev–Trinajstić information content (AvgIpc) is 3.69. The van der Waals surface area contributed by atoms with Crippen molar-refractivity contribution in [3.8, 4) is 17.6 Å². The minimum Gasteiger partial charge on any atom is -0.497 e. The lowest BCUT2D eigenvalue weighted by molar-refractivity contribution is -0.173. The first kappa shape index (κ1) is 51.1. The van der Waals surface area contributed by atoms with Crippen molar-refractivity contribution in [2.24, 2.45) is 0 Å². The van der Waals surface area contributed by atoms with Crippen LogP contribution in [0, 0.1) is 11.3 Å². The molecule has 3 N–H and O–H groups in total. The number of benzene rings is 3. The zero-order valence-electron chi connectivity index (χ0n) is 37.4. The second-order valence-corrected chi connectivity index (χ2v) is 16.9. The number of H-pyrrole nitrogens is 1. The number of halogens is 3. The summed E-state index contributed by atoms with van der Waals surface area (Å²) in [5, 5.41) is 13.3. The molecule has 4 unspecified atom stereocenters. The van der Waals surface area contributed by atoms with Crippen molar-refractivity contribution in [1.82, 2.24) is 24.9 Å². The number of carbonyl (C=O) groups is 2. The van der Waals surface area contributed by atoms with Gasteiger partial charge >= 0.3 is 17.8 Å². The molecule has 354 valence electrons. The van der Waals surface area contributed by atoms with Crippen LogP contribution in [0.1, 0.15) is 69.0 Å². The summed E-state index contributed by atoms with van der Waals surface area (Å²) in [6.07, 6.45) is -4.33. The Balaban J connectivity index is 1.54. The van der Waals surface area contributed by atoms with Crippen LogP contribution in [0.2, 0.25) is 0 Å². The van der Waals surface area contributed by atoms with Gasteiger partial charge in [-0.3, -0.25) is 23.9 Å². The topological polar surface area (TPSA) is 195 Å². The summed E-state index contributed by atoms with van der Waals surface area (Å²) >= 11 is 0. The van der Waals surface area contributed by atoms with E-state index in [0.29, 0.717) is 11.5 Å². The largest absolute Gasteiger partial charge is 0.497 e. The van der Waals surface area contributed by atoms with Crippen molar-refractivity contribution in [2.75, 3.05) is 40.5 Å². The Morgan fingerprint density at radius 1 is 0.924 bits per heavy atom. The zero-order valence-corrected chi connectivity index (χ0v) is 38.3. The molecule has 1 saturated heterocycles. The van der Waals surface area contributed by atoms with E-state index in [2.05, 4.69) is 21.0 Å². The van der Waals surface area contributed by atoms with Crippen molar-refractivity contribution in [2.45, 2.75) is 82.8 Å². The third-order valence-corrected chi connectivity index (χ3v) is 12.5. The van der Waals surface area contributed by atoms with Crippen LogP contribution >= 0.6 is 8.53 Å². The lowest BCUT2D eigenvalue weighted by Gasteiger charge is -2.39. The quantitative estimate of drug-likeness (QED) is 0.0344. The van der Waals surface area contributed by atoms with Crippen LogP contribution in [0.25, 0.3) is 6.08 Å². The number of alkyl halides is 3. The van der Waals surface area contributed by atoms with Gasteiger partial charge in [-0.05, 0) is 74.7 Å². The molecule has 3 aromatic carbocycles. The molecule has 1 aliphatic heterocycles. The molecule has 0 spiro atoms. The maximum Gasteiger partial charge on any atom is 0.471 e. The van der Waals surface area contributed by atoms with Gasteiger partial charge in [0.05, 0.1) is 51.6 Å². The van der Waals surface area contributed by atoms with Gasteiger partial charge in [0.2, 0.25) is 5.91 Å². The third-order valence-electron chi connectivity index (χ3n) is 10.4. The summed E-state index contributed by atoms with van der Waals surface area (Å²) in [6, 6.07) is 26.6. The Bertz CT molecular complexity index is 2350. The molecule has 1 aliphatic rings. The summed E-state index contributed by atoms with van der Waals surface area (Å²) in [5.41, 5.74) is -0.741. The van der Waals surface area contributed by atoms with Crippen LogP contribution in [0.3, 0.4) is 0 Å².